The summed E-state index contributed by atoms with van der Waals surface area (Å²) in [6, 6.07) is 8.81. The minimum absolute atomic E-state index is 0. The second-order valence-corrected chi connectivity index (χ2v) is 6.69. The monoisotopic (exact) mass is 346 g/mol. The van der Waals surface area contributed by atoms with Crippen LogP contribution in [0, 0.1) is 6.92 Å². The highest BCUT2D eigenvalue weighted by molar-refractivity contribution is 5.94. The molecule has 0 aliphatic carbocycles. The third kappa shape index (κ3) is 3.32. The molecule has 1 aromatic heterocycles. The highest BCUT2D eigenvalue weighted by Crippen LogP contribution is 2.22. The maximum absolute atomic E-state index is 12.8. The third-order valence-electron chi connectivity index (χ3n) is 4.90. The highest BCUT2D eigenvalue weighted by Gasteiger charge is 2.31. The van der Waals surface area contributed by atoms with Crippen LogP contribution >= 0.6 is 12.4 Å². The zero-order valence-electron chi connectivity index (χ0n) is 13.8. The molecule has 0 radical (unpaired) electrons. The van der Waals surface area contributed by atoms with Crippen molar-refractivity contribution < 1.29 is 4.79 Å². The third-order valence-corrected chi connectivity index (χ3v) is 4.90. The quantitative estimate of drug-likeness (QED) is 0.909. The first-order valence-corrected chi connectivity index (χ1v) is 8.36. The summed E-state index contributed by atoms with van der Waals surface area (Å²) < 4.78 is 1.83. The Morgan fingerprint density at radius 2 is 1.92 bits per heavy atom. The number of halogens is 1. The number of hydrogen-bond acceptors (Lipinski definition) is 3. The smallest absolute Gasteiger partial charge is 0.253 e. The number of likely N-dealkylation sites (tertiary alicyclic amines) is 1. The number of nitrogens with one attached hydrogen (secondary N) is 1. The number of carbonyl (C=O) groups excluding carboxylic acids is 1. The highest BCUT2D eigenvalue weighted by atomic mass is 35.5. The molecule has 2 saturated heterocycles. The van der Waals surface area contributed by atoms with Gasteiger partial charge in [-0.25, -0.2) is 4.68 Å². The summed E-state index contributed by atoms with van der Waals surface area (Å²) in [5, 5.41) is 7.92. The van der Waals surface area contributed by atoms with Crippen molar-refractivity contribution in [2.75, 3.05) is 13.1 Å². The van der Waals surface area contributed by atoms with Gasteiger partial charge in [-0.15, -0.1) is 12.4 Å². The summed E-state index contributed by atoms with van der Waals surface area (Å²) in [4.78, 5) is 14.8. The van der Waals surface area contributed by atoms with Gasteiger partial charge in [-0.3, -0.25) is 4.79 Å². The molecule has 2 fully saturated rings. The fourth-order valence-electron chi connectivity index (χ4n) is 3.62. The summed E-state index contributed by atoms with van der Waals surface area (Å²) in [6.45, 7) is 3.70. The van der Waals surface area contributed by atoms with E-state index < -0.39 is 0 Å². The van der Waals surface area contributed by atoms with E-state index in [4.69, 9.17) is 0 Å². The van der Waals surface area contributed by atoms with Gasteiger partial charge in [-0.1, -0.05) is 0 Å². The molecule has 128 valence electrons. The lowest BCUT2D eigenvalue weighted by molar-refractivity contribution is 0.0748. The average molecular weight is 347 g/mol. The van der Waals surface area contributed by atoms with Crippen molar-refractivity contribution in [2.45, 2.75) is 38.3 Å². The van der Waals surface area contributed by atoms with Gasteiger partial charge in [0.1, 0.15) is 0 Å². The Morgan fingerprint density at radius 3 is 2.62 bits per heavy atom. The predicted molar refractivity (Wildman–Crippen MR) is 96.0 cm³/mol. The van der Waals surface area contributed by atoms with Crippen molar-refractivity contribution in [1.82, 2.24) is 20.0 Å². The molecule has 2 atom stereocenters. The van der Waals surface area contributed by atoms with E-state index in [-0.39, 0.29) is 18.3 Å². The molecule has 6 heteroatoms. The molecule has 0 spiro atoms. The SMILES string of the molecule is Cc1cnn(-c2ccc(C(=O)N3CCC4CCC(C3)N4)cc2)c1.Cl. The van der Waals surface area contributed by atoms with Crippen molar-refractivity contribution >= 4 is 18.3 Å². The fourth-order valence-corrected chi connectivity index (χ4v) is 3.62. The van der Waals surface area contributed by atoms with E-state index in [9.17, 15) is 4.79 Å². The van der Waals surface area contributed by atoms with Crippen LogP contribution in [0.25, 0.3) is 5.69 Å². The van der Waals surface area contributed by atoms with Crippen LogP contribution in [0.1, 0.15) is 35.2 Å². The molecular formula is C18H23ClN4O. The number of hydrogen-bond donors (Lipinski definition) is 1. The number of aryl methyl sites for hydroxylation is 1. The van der Waals surface area contributed by atoms with Gasteiger partial charge in [0.05, 0.1) is 11.9 Å². The predicted octanol–water partition coefficient (Wildman–Crippen LogP) is 2.57. The summed E-state index contributed by atoms with van der Waals surface area (Å²) in [5.41, 5.74) is 2.86. The molecule has 1 amide bonds. The van der Waals surface area contributed by atoms with Gasteiger partial charge < -0.3 is 10.2 Å². The Balaban J connectivity index is 0.00000169. The van der Waals surface area contributed by atoms with Gasteiger partial charge in [0, 0.05) is 36.9 Å². The molecule has 24 heavy (non-hydrogen) atoms. The zero-order chi connectivity index (χ0) is 15.8. The number of carbonyl (C=O) groups is 1. The lowest BCUT2D eigenvalue weighted by atomic mass is 10.1. The van der Waals surface area contributed by atoms with E-state index in [0.29, 0.717) is 12.1 Å². The van der Waals surface area contributed by atoms with Crippen LogP contribution in [0.2, 0.25) is 0 Å². The van der Waals surface area contributed by atoms with E-state index in [1.807, 2.05) is 53.2 Å². The van der Waals surface area contributed by atoms with Crippen molar-refractivity contribution in [3.05, 3.63) is 47.8 Å². The lowest BCUT2D eigenvalue weighted by Gasteiger charge is -2.24. The van der Waals surface area contributed by atoms with Gasteiger partial charge in [0.25, 0.3) is 5.91 Å². The van der Waals surface area contributed by atoms with Crippen LogP contribution in [0.5, 0.6) is 0 Å². The van der Waals surface area contributed by atoms with E-state index in [0.717, 1.165) is 36.3 Å². The van der Waals surface area contributed by atoms with Crippen LogP contribution in [-0.2, 0) is 0 Å². The average Bonchev–Trinajstić information content (AvgIpc) is 3.12. The van der Waals surface area contributed by atoms with Crippen LogP contribution in [0.3, 0.4) is 0 Å². The Labute approximate surface area is 148 Å². The standard InChI is InChI=1S/C18H22N4O.ClH/c1-13-10-19-22(11-13)17-6-2-14(3-7-17)18(23)21-9-8-15-4-5-16(12-21)20-15;/h2-3,6-7,10-11,15-16,20H,4-5,8-9,12H2,1H3;1H. The summed E-state index contributed by atoms with van der Waals surface area (Å²) in [7, 11) is 0. The van der Waals surface area contributed by atoms with Gasteiger partial charge in [0.2, 0.25) is 0 Å². The van der Waals surface area contributed by atoms with Crippen LogP contribution in [0.15, 0.2) is 36.7 Å². The maximum Gasteiger partial charge on any atom is 0.253 e. The number of amides is 1. The van der Waals surface area contributed by atoms with Gasteiger partial charge in [-0.05, 0) is 56.0 Å². The fraction of sp³-hybridized carbons (Fsp3) is 0.444. The maximum atomic E-state index is 12.8. The molecule has 4 rings (SSSR count). The second kappa shape index (κ2) is 6.95. The molecule has 1 N–H and O–H groups in total. The molecule has 2 aliphatic rings. The number of benzene rings is 1. The molecule has 5 nitrogen and oxygen atoms in total. The molecule has 1 aromatic carbocycles. The van der Waals surface area contributed by atoms with E-state index in [1.165, 1.54) is 12.8 Å². The molecule has 0 saturated carbocycles. The molecule has 2 bridgehead atoms. The minimum Gasteiger partial charge on any atom is -0.337 e. The summed E-state index contributed by atoms with van der Waals surface area (Å²) in [6.07, 6.45) is 7.32. The minimum atomic E-state index is 0. The van der Waals surface area contributed by atoms with Crippen LogP contribution in [-0.4, -0.2) is 45.8 Å². The Kier molecular flexibility index (Phi) is 4.92. The first-order valence-electron chi connectivity index (χ1n) is 8.36. The number of fused-ring (bicyclic) bond motifs is 2. The second-order valence-electron chi connectivity index (χ2n) is 6.69. The normalized spacial score (nSPS) is 22.8. The van der Waals surface area contributed by atoms with Crippen LogP contribution in [0.4, 0.5) is 0 Å². The molecule has 2 unspecified atom stereocenters. The largest absolute Gasteiger partial charge is 0.337 e. The number of aromatic nitrogens is 2. The number of rotatable bonds is 2. The lowest BCUT2D eigenvalue weighted by Crippen LogP contribution is -2.39. The van der Waals surface area contributed by atoms with Crippen molar-refractivity contribution in [2.24, 2.45) is 0 Å². The summed E-state index contributed by atoms with van der Waals surface area (Å²) >= 11 is 0. The van der Waals surface area contributed by atoms with Gasteiger partial charge in [-0.2, -0.15) is 5.10 Å². The van der Waals surface area contributed by atoms with E-state index in [1.54, 1.807) is 0 Å². The first-order chi connectivity index (χ1) is 11.2. The Morgan fingerprint density at radius 1 is 1.17 bits per heavy atom. The van der Waals surface area contributed by atoms with E-state index >= 15 is 0 Å². The van der Waals surface area contributed by atoms with Crippen molar-refractivity contribution in [3.63, 3.8) is 0 Å². The van der Waals surface area contributed by atoms with E-state index in [2.05, 4.69) is 10.4 Å². The summed E-state index contributed by atoms with van der Waals surface area (Å²) in [5.74, 6) is 0.141. The molecular weight excluding hydrogens is 324 g/mol. The van der Waals surface area contributed by atoms with Crippen LogP contribution < -0.4 is 5.32 Å². The number of nitrogens with zero attached hydrogens (tertiary/aromatic N) is 3. The zero-order valence-corrected chi connectivity index (χ0v) is 14.6. The van der Waals surface area contributed by atoms with Gasteiger partial charge >= 0.3 is 0 Å². The molecule has 2 aromatic rings. The Bertz CT molecular complexity index is 712. The van der Waals surface area contributed by atoms with Crippen molar-refractivity contribution in [3.8, 4) is 5.69 Å². The first kappa shape index (κ1) is 17.0. The molecule has 2 aliphatic heterocycles. The van der Waals surface area contributed by atoms with Gasteiger partial charge in [0.15, 0.2) is 0 Å². The topological polar surface area (TPSA) is 50.2 Å². The Hall–Kier alpha value is -1.85. The molecule has 3 heterocycles. The van der Waals surface area contributed by atoms with Crippen molar-refractivity contribution in [1.29, 1.82) is 0 Å².